The van der Waals surface area contributed by atoms with Gasteiger partial charge in [-0.05, 0) is 57.9 Å². The molecule has 1 heterocycles. The van der Waals surface area contributed by atoms with E-state index < -0.39 is 29.8 Å². The molecule has 2 amide bonds. The number of amides is 2. The molecule has 7 heteroatoms. The maximum absolute atomic E-state index is 13.7. The quantitative estimate of drug-likeness (QED) is 0.711. The Morgan fingerprint density at radius 2 is 1.84 bits per heavy atom. The Hall–Kier alpha value is -2.62. The third kappa shape index (κ3) is 5.75. The number of nitrogens with zero attached hydrogens (tertiary/aromatic N) is 3. The summed E-state index contributed by atoms with van der Waals surface area (Å²) in [6.07, 6.45) is 1.57. The van der Waals surface area contributed by atoms with Gasteiger partial charge in [0.1, 0.15) is 24.9 Å². The van der Waals surface area contributed by atoms with E-state index in [1.54, 1.807) is 0 Å². The van der Waals surface area contributed by atoms with Crippen LogP contribution in [0, 0.1) is 11.3 Å². The second-order valence-corrected chi connectivity index (χ2v) is 9.55. The van der Waals surface area contributed by atoms with Crippen molar-refractivity contribution in [3.05, 3.63) is 35.9 Å². The van der Waals surface area contributed by atoms with Gasteiger partial charge in [0.2, 0.25) is 5.91 Å². The molecule has 1 aromatic rings. The molecule has 1 saturated heterocycles. The number of nitriles is 1. The minimum Gasteiger partial charge on any atom is -0.446 e. The Morgan fingerprint density at radius 3 is 2.42 bits per heavy atom. The minimum absolute atomic E-state index is 0.0207. The molecule has 0 unspecified atom stereocenters. The van der Waals surface area contributed by atoms with Crippen molar-refractivity contribution in [1.29, 1.82) is 5.26 Å². The Balaban J connectivity index is 1.58. The summed E-state index contributed by atoms with van der Waals surface area (Å²) in [5.41, 5.74) is 0.670. The fourth-order valence-corrected chi connectivity index (χ4v) is 4.43. The van der Waals surface area contributed by atoms with Crippen molar-refractivity contribution in [2.75, 3.05) is 13.1 Å². The lowest BCUT2D eigenvalue weighted by Crippen LogP contribution is -2.52. The summed E-state index contributed by atoms with van der Waals surface area (Å²) in [7, 11) is 0. The SMILES string of the molecule is CC(C)(C)N(CC(=O)N1C[C@@H](F)C[C@H]1C#N)C(=O)OC1CCC(c2ccccc2)CC1. The lowest BCUT2D eigenvalue weighted by Gasteiger charge is -2.37. The molecular weight excluding hydrogens is 397 g/mol. The molecule has 0 bridgehead atoms. The van der Waals surface area contributed by atoms with Gasteiger partial charge in [-0.2, -0.15) is 5.26 Å². The average Bonchev–Trinajstić information content (AvgIpc) is 3.13. The predicted molar refractivity (Wildman–Crippen MR) is 115 cm³/mol. The van der Waals surface area contributed by atoms with Gasteiger partial charge in [-0.1, -0.05) is 30.3 Å². The molecule has 0 N–H and O–H groups in total. The summed E-state index contributed by atoms with van der Waals surface area (Å²) >= 11 is 0. The molecule has 0 spiro atoms. The standard InChI is InChI=1S/C24H32FN3O3/c1-24(2,3)28(16-22(29)27-15-19(25)13-20(27)14-26)23(30)31-21-11-9-18(10-12-21)17-7-5-4-6-8-17/h4-8,18-21H,9-13,15-16H2,1-3H3/t18?,19-,20-,21?/m0/s1. The van der Waals surface area contributed by atoms with E-state index in [0.29, 0.717) is 5.92 Å². The smallest absolute Gasteiger partial charge is 0.410 e. The first kappa shape index (κ1) is 23.1. The minimum atomic E-state index is -1.21. The van der Waals surface area contributed by atoms with Crippen LogP contribution in [0.25, 0.3) is 0 Å². The maximum Gasteiger partial charge on any atom is 0.410 e. The highest BCUT2D eigenvalue weighted by molar-refractivity contribution is 5.83. The third-order valence-electron chi connectivity index (χ3n) is 6.26. The number of carbonyl (C=O) groups excluding carboxylic acids is 2. The van der Waals surface area contributed by atoms with Gasteiger partial charge in [0.15, 0.2) is 0 Å². The molecule has 2 atom stereocenters. The van der Waals surface area contributed by atoms with Gasteiger partial charge in [-0.25, -0.2) is 9.18 Å². The number of ether oxygens (including phenoxy) is 1. The zero-order valence-corrected chi connectivity index (χ0v) is 18.6. The largest absolute Gasteiger partial charge is 0.446 e. The van der Waals surface area contributed by atoms with E-state index in [1.807, 2.05) is 45.0 Å². The van der Waals surface area contributed by atoms with Crippen LogP contribution in [0.1, 0.15) is 64.4 Å². The average molecular weight is 430 g/mol. The Morgan fingerprint density at radius 1 is 1.19 bits per heavy atom. The number of alkyl halides is 1. The highest BCUT2D eigenvalue weighted by Gasteiger charge is 2.39. The van der Waals surface area contributed by atoms with E-state index in [1.165, 1.54) is 15.4 Å². The van der Waals surface area contributed by atoms with Crippen LogP contribution in [0.15, 0.2) is 30.3 Å². The molecule has 0 aromatic heterocycles. The summed E-state index contributed by atoms with van der Waals surface area (Å²) < 4.78 is 19.5. The lowest BCUT2D eigenvalue weighted by molar-refractivity contribution is -0.133. The summed E-state index contributed by atoms with van der Waals surface area (Å²) in [5, 5.41) is 9.21. The van der Waals surface area contributed by atoms with Gasteiger partial charge in [-0.3, -0.25) is 9.69 Å². The molecule has 0 radical (unpaired) electrons. The normalized spacial score (nSPS) is 26.2. The van der Waals surface area contributed by atoms with Crippen molar-refractivity contribution in [3.63, 3.8) is 0 Å². The number of halogens is 1. The van der Waals surface area contributed by atoms with Crippen molar-refractivity contribution < 1.29 is 18.7 Å². The van der Waals surface area contributed by atoms with Crippen LogP contribution < -0.4 is 0 Å². The van der Waals surface area contributed by atoms with Crippen molar-refractivity contribution in [3.8, 4) is 6.07 Å². The highest BCUT2D eigenvalue weighted by Crippen LogP contribution is 2.34. The van der Waals surface area contributed by atoms with Gasteiger partial charge >= 0.3 is 6.09 Å². The van der Waals surface area contributed by atoms with Crippen molar-refractivity contribution >= 4 is 12.0 Å². The van der Waals surface area contributed by atoms with Crippen molar-refractivity contribution in [1.82, 2.24) is 9.80 Å². The highest BCUT2D eigenvalue weighted by atomic mass is 19.1. The lowest BCUT2D eigenvalue weighted by atomic mass is 9.83. The predicted octanol–water partition coefficient (Wildman–Crippen LogP) is 4.41. The zero-order valence-electron chi connectivity index (χ0n) is 18.6. The van der Waals surface area contributed by atoms with E-state index in [-0.39, 0.29) is 25.6 Å². The van der Waals surface area contributed by atoms with Gasteiger partial charge in [0.05, 0.1) is 12.6 Å². The zero-order chi connectivity index (χ0) is 22.6. The van der Waals surface area contributed by atoms with Gasteiger partial charge in [0, 0.05) is 12.0 Å². The van der Waals surface area contributed by atoms with E-state index in [9.17, 15) is 19.2 Å². The van der Waals surface area contributed by atoms with Crippen LogP contribution in [-0.2, 0) is 9.53 Å². The molecule has 1 saturated carbocycles. The molecule has 1 aliphatic carbocycles. The number of hydrogen-bond donors (Lipinski definition) is 0. The topological polar surface area (TPSA) is 73.6 Å². The van der Waals surface area contributed by atoms with Crippen LogP contribution in [-0.4, -0.2) is 58.7 Å². The van der Waals surface area contributed by atoms with Gasteiger partial charge in [0.25, 0.3) is 0 Å². The maximum atomic E-state index is 13.7. The summed E-state index contributed by atoms with van der Waals surface area (Å²) in [6.45, 7) is 5.16. The molecule has 31 heavy (non-hydrogen) atoms. The fourth-order valence-electron chi connectivity index (χ4n) is 4.43. The van der Waals surface area contributed by atoms with Crippen LogP contribution in [0.5, 0.6) is 0 Å². The first-order chi connectivity index (χ1) is 14.7. The molecule has 3 rings (SSSR count). The Bertz CT molecular complexity index is 810. The first-order valence-electron chi connectivity index (χ1n) is 11.1. The second kappa shape index (κ2) is 9.67. The Kier molecular flexibility index (Phi) is 7.19. The monoisotopic (exact) mass is 429 g/mol. The fraction of sp³-hybridized carbons (Fsp3) is 0.625. The third-order valence-corrected chi connectivity index (χ3v) is 6.26. The van der Waals surface area contributed by atoms with Crippen molar-refractivity contribution in [2.45, 2.75) is 82.6 Å². The van der Waals surface area contributed by atoms with Crippen LogP contribution >= 0.6 is 0 Å². The first-order valence-corrected chi connectivity index (χ1v) is 11.1. The molecule has 2 fully saturated rings. The molecule has 2 aliphatic rings. The second-order valence-electron chi connectivity index (χ2n) is 9.55. The molecule has 168 valence electrons. The van der Waals surface area contributed by atoms with Gasteiger partial charge in [-0.15, -0.1) is 0 Å². The molecular formula is C24H32FN3O3. The summed E-state index contributed by atoms with van der Waals surface area (Å²) in [5.74, 6) is 0.0505. The van der Waals surface area contributed by atoms with Gasteiger partial charge < -0.3 is 9.64 Å². The van der Waals surface area contributed by atoms with Crippen molar-refractivity contribution in [2.24, 2.45) is 0 Å². The number of carbonyl (C=O) groups is 2. The molecule has 1 aliphatic heterocycles. The summed E-state index contributed by atoms with van der Waals surface area (Å²) in [6, 6.07) is 11.6. The molecule has 6 nitrogen and oxygen atoms in total. The van der Waals surface area contributed by atoms with E-state index in [2.05, 4.69) is 12.1 Å². The number of likely N-dealkylation sites (tertiary alicyclic amines) is 1. The van der Waals surface area contributed by atoms with E-state index >= 15 is 0 Å². The van der Waals surface area contributed by atoms with E-state index in [4.69, 9.17) is 4.74 Å². The van der Waals surface area contributed by atoms with Crippen LogP contribution in [0.2, 0.25) is 0 Å². The van der Waals surface area contributed by atoms with Crippen LogP contribution in [0.4, 0.5) is 9.18 Å². The van der Waals surface area contributed by atoms with Crippen LogP contribution in [0.3, 0.4) is 0 Å². The molecule has 1 aromatic carbocycles. The number of benzene rings is 1. The number of rotatable bonds is 4. The number of hydrogen-bond acceptors (Lipinski definition) is 4. The van der Waals surface area contributed by atoms with E-state index in [0.717, 1.165) is 25.7 Å². The summed E-state index contributed by atoms with van der Waals surface area (Å²) in [4.78, 5) is 28.4. The Labute approximate surface area is 184 Å².